The highest BCUT2D eigenvalue weighted by atomic mass is 16.2. The van der Waals surface area contributed by atoms with Gasteiger partial charge in [-0.3, -0.25) is 14.4 Å². The third-order valence-electron chi connectivity index (χ3n) is 4.05. The fourth-order valence-corrected chi connectivity index (χ4v) is 2.88. The van der Waals surface area contributed by atoms with Crippen LogP contribution in [0, 0.1) is 0 Å². The lowest BCUT2D eigenvalue weighted by Gasteiger charge is -2.30. The number of piperidine rings is 1. The lowest BCUT2D eigenvalue weighted by molar-refractivity contribution is -0.117. The van der Waals surface area contributed by atoms with E-state index in [0.29, 0.717) is 18.3 Å². The van der Waals surface area contributed by atoms with Gasteiger partial charge in [-0.2, -0.15) is 5.10 Å². The SMILES string of the molecule is Cn1ccc(NC(=O)CN2CCC(c3nncn3C)CC2)n1. The number of hydrogen-bond donors (Lipinski definition) is 1. The number of carbonyl (C=O) groups excluding carboxylic acids is 1. The van der Waals surface area contributed by atoms with Crippen molar-refractivity contribution >= 4 is 11.7 Å². The van der Waals surface area contributed by atoms with Crippen LogP contribution in [-0.2, 0) is 18.9 Å². The van der Waals surface area contributed by atoms with Crippen LogP contribution < -0.4 is 5.32 Å². The summed E-state index contributed by atoms with van der Waals surface area (Å²) in [4.78, 5) is 14.2. The summed E-state index contributed by atoms with van der Waals surface area (Å²) in [5.74, 6) is 2.05. The van der Waals surface area contributed by atoms with Gasteiger partial charge in [0.1, 0.15) is 12.2 Å². The number of amides is 1. The smallest absolute Gasteiger partial charge is 0.239 e. The predicted octanol–water partition coefficient (Wildman–Crippen LogP) is 0.367. The van der Waals surface area contributed by atoms with E-state index in [4.69, 9.17) is 0 Å². The molecule has 0 spiro atoms. The highest BCUT2D eigenvalue weighted by Crippen LogP contribution is 2.25. The van der Waals surface area contributed by atoms with Crippen LogP contribution in [-0.4, -0.2) is 55.0 Å². The van der Waals surface area contributed by atoms with Crippen molar-refractivity contribution in [3.63, 3.8) is 0 Å². The summed E-state index contributed by atoms with van der Waals surface area (Å²) in [5, 5.41) is 15.1. The van der Waals surface area contributed by atoms with Crippen molar-refractivity contribution in [2.75, 3.05) is 25.0 Å². The minimum atomic E-state index is -0.0178. The van der Waals surface area contributed by atoms with E-state index in [1.165, 1.54) is 0 Å². The molecule has 1 saturated heterocycles. The zero-order chi connectivity index (χ0) is 15.5. The van der Waals surface area contributed by atoms with Gasteiger partial charge in [0.15, 0.2) is 5.82 Å². The largest absolute Gasteiger partial charge is 0.320 e. The number of hydrogen-bond acceptors (Lipinski definition) is 5. The van der Waals surface area contributed by atoms with Gasteiger partial charge in [-0.05, 0) is 25.9 Å². The van der Waals surface area contributed by atoms with Gasteiger partial charge in [-0.25, -0.2) is 0 Å². The molecular weight excluding hydrogens is 282 g/mol. The molecule has 1 aliphatic rings. The summed E-state index contributed by atoms with van der Waals surface area (Å²) >= 11 is 0. The van der Waals surface area contributed by atoms with E-state index in [-0.39, 0.29) is 5.91 Å². The van der Waals surface area contributed by atoms with Crippen molar-refractivity contribution in [2.24, 2.45) is 14.1 Å². The Bertz CT molecular complexity index is 639. The Labute approximate surface area is 129 Å². The van der Waals surface area contributed by atoms with Gasteiger partial charge in [-0.1, -0.05) is 0 Å². The van der Waals surface area contributed by atoms with Crippen LogP contribution in [0.5, 0.6) is 0 Å². The van der Waals surface area contributed by atoms with Crippen LogP contribution in [0.1, 0.15) is 24.6 Å². The summed E-state index contributed by atoms with van der Waals surface area (Å²) in [5.41, 5.74) is 0. The normalized spacial score (nSPS) is 16.8. The van der Waals surface area contributed by atoms with Gasteiger partial charge >= 0.3 is 0 Å². The molecule has 22 heavy (non-hydrogen) atoms. The molecule has 0 unspecified atom stereocenters. The Morgan fingerprint density at radius 2 is 2.14 bits per heavy atom. The first-order valence-corrected chi connectivity index (χ1v) is 7.47. The molecule has 1 aliphatic heterocycles. The predicted molar refractivity (Wildman–Crippen MR) is 81.3 cm³/mol. The molecule has 2 aromatic rings. The van der Waals surface area contributed by atoms with Crippen molar-refractivity contribution in [3.8, 4) is 0 Å². The van der Waals surface area contributed by atoms with Gasteiger partial charge in [0.05, 0.1) is 6.54 Å². The Hall–Kier alpha value is -2.22. The van der Waals surface area contributed by atoms with Crippen LogP contribution in [0.4, 0.5) is 5.82 Å². The van der Waals surface area contributed by atoms with Gasteiger partial charge in [0.25, 0.3) is 0 Å². The standard InChI is InChI=1S/C14H21N7O/c1-19-10-15-17-14(19)11-3-7-21(8-4-11)9-13(22)16-12-5-6-20(2)18-12/h5-6,10-11H,3-4,7-9H2,1-2H3,(H,16,18,22). The highest BCUT2D eigenvalue weighted by molar-refractivity contribution is 5.91. The van der Waals surface area contributed by atoms with E-state index < -0.39 is 0 Å². The van der Waals surface area contributed by atoms with Crippen LogP contribution in [0.2, 0.25) is 0 Å². The number of carbonyl (C=O) groups is 1. The lowest BCUT2D eigenvalue weighted by atomic mass is 9.96. The number of aromatic nitrogens is 5. The van der Waals surface area contributed by atoms with Crippen LogP contribution in [0.15, 0.2) is 18.6 Å². The summed E-state index contributed by atoms with van der Waals surface area (Å²) < 4.78 is 3.65. The van der Waals surface area contributed by atoms with E-state index in [0.717, 1.165) is 31.8 Å². The summed E-state index contributed by atoms with van der Waals surface area (Å²) in [6.07, 6.45) is 5.55. The highest BCUT2D eigenvalue weighted by Gasteiger charge is 2.24. The third kappa shape index (κ3) is 3.33. The average Bonchev–Trinajstić information content (AvgIpc) is 3.08. The number of nitrogens with one attached hydrogen (secondary N) is 1. The number of rotatable bonds is 4. The molecule has 0 aromatic carbocycles. The third-order valence-corrected chi connectivity index (χ3v) is 4.05. The first-order valence-electron chi connectivity index (χ1n) is 7.47. The second-order valence-electron chi connectivity index (χ2n) is 5.77. The molecule has 1 N–H and O–H groups in total. The van der Waals surface area contributed by atoms with E-state index >= 15 is 0 Å². The van der Waals surface area contributed by atoms with E-state index in [9.17, 15) is 4.79 Å². The molecule has 0 atom stereocenters. The average molecular weight is 303 g/mol. The zero-order valence-corrected chi connectivity index (χ0v) is 12.9. The van der Waals surface area contributed by atoms with Crippen LogP contribution >= 0.6 is 0 Å². The maximum atomic E-state index is 12.0. The Morgan fingerprint density at radius 1 is 1.36 bits per heavy atom. The van der Waals surface area contributed by atoms with Crippen molar-refractivity contribution in [2.45, 2.75) is 18.8 Å². The molecule has 3 heterocycles. The quantitative estimate of drug-likeness (QED) is 0.882. The van der Waals surface area contributed by atoms with E-state index in [1.54, 1.807) is 17.1 Å². The molecule has 0 radical (unpaired) electrons. The second kappa shape index (κ2) is 6.27. The van der Waals surface area contributed by atoms with Crippen molar-refractivity contribution in [1.29, 1.82) is 0 Å². The van der Waals surface area contributed by atoms with Gasteiger partial charge in [0.2, 0.25) is 5.91 Å². The second-order valence-corrected chi connectivity index (χ2v) is 5.77. The Morgan fingerprint density at radius 3 is 2.73 bits per heavy atom. The first kappa shape index (κ1) is 14.7. The van der Waals surface area contributed by atoms with Crippen molar-refractivity contribution < 1.29 is 4.79 Å². The monoisotopic (exact) mass is 303 g/mol. The molecule has 1 fully saturated rings. The fourth-order valence-electron chi connectivity index (χ4n) is 2.88. The molecule has 2 aromatic heterocycles. The maximum absolute atomic E-state index is 12.0. The van der Waals surface area contributed by atoms with Gasteiger partial charge in [-0.15, -0.1) is 10.2 Å². The number of likely N-dealkylation sites (tertiary alicyclic amines) is 1. The number of aryl methyl sites for hydroxylation is 2. The lowest BCUT2D eigenvalue weighted by Crippen LogP contribution is -2.39. The molecule has 3 rings (SSSR count). The molecule has 0 bridgehead atoms. The topological polar surface area (TPSA) is 80.9 Å². The molecule has 8 heteroatoms. The van der Waals surface area contributed by atoms with E-state index in [1.807, 2.05) is 24.9 Å². The summed E-state index contributed by atoms with van der Waals surface area (Å²) in [6.45, 7) is 2.20. The minimum absolute atomic E-state index is 0.0178. The summed E-state index contributed by atoms with van der Waals surface area (Å²) in [6, 6.07) is 1.79. The Kier molecular flexibility index (Phi) is 4.19. The fraction of sp³-hybridized carbons (Fsp3) is 0.571. The molecule has 118 valence electrons. The molecule has 8 nitrogen and oxygen atoms in total. The van der Waals surface area contributed by atoms with Crippen LogP contribution in [0.25, 0.3) is 0 Å². The molecular formula is C14H21N7O. The van der Waals surface area contributed by atoms with Gasteiger partial charge < -0.3 is 9.88 Å². The van der Waals surface area contributed by atoms with Crippen molar-refractivity contribution in [1.82, 2.24) is 29.4 Å². The molecule has 0 saturated carbocycles. The van der Waals surface area contributed by atoms with E-state index in [2.05, 4.69) is 25.5 Å². The summed E-state index contributed by atoms with van der Waals surface area (Å²) in [7, 11) is 3.80. The molecule has 1 amide bonds. The minimum Gasteiger partial charge on any atom is -0.320 e. The van der Waals surface area contributed by atoms with Crippen molar-refractivity contribution in [3.05, 3.63) is 24.4 Å². The van der Waals surface area contributed by atoms with Gasteiger partial charge in [0, 0.05) is 32.3 Å². The number of nitrogens with zero attached hydrogens (tertiary/aromatic N) is 6. The van der Waals surface area contributed by atoms with Crippen LogP contribution in [0.3, 0.4) is 0 Å². The Balaban J connectivity index is 1.47. The zero-order valence-electron chi connectivity index (χ0n) is 12.9. The maximum Gasteiger partial charge on any atom is 0.239 e. The molecule has 0 aliphatic carbocycles. The first-order chi connectivity index (χ1) is 10.6. The number of anilines is 1.